The van der Waals surface area contributed by atoms with Crippen molar-refractivity contribution in [3.05, 3.63) is 53.9 Å². The second-order valence-electron chi connectivity index (χ2n) is 6.92. The first-order chi connectivity index (χ1) is 13.5. The average Bonchev–Trinajstić information content (AvgIpc) is 3.05. The molecule has 1 aromatic carbocycles. The summed E-state index contributed by atoms with van der Waals surface area (Å²) in [6.45, 7) is 4.43. The van der Waals surface area contributed by atoms with Gasteiger partial charge in [0.2, 0.25) is 17.7 Å². The minimum Gasteiger partial charge on any atom is -0.336 e. The number of nitrogens with one attached hydrogen (secondary N) is 2. The average molecular weight is 380 g/mol. The lowest BCUT2D eigenvalue weighted by Gasteiger charge is -2.17. The van der Waals surface area contributed by atoms with Crippen LogP contribution in [0.2, 0.25) is 0 Å². The Balaban J connectivity index is 1.64. The molecule has 1 saturated heterocycles. The van der Waals surface area contributed by atoms with Gasteiger partial charge in [0.05, 0.1) is 18.2 Å². The highest BCUT2D eigenvalue weighted by Crippen LogP contribution is 2.24. The fraction of sp³-hybridized carbons (Fsp3) is 0.333. The molecule has 1 fully saturated rings. The Hall–Kier alpha value is -3.22. The van der Waals surface area contributed by atoms with Crippen molar-refractivity contribution in [2.75, 3.05) is 17.2 Å². The smallest absolute Gasteiger partial charge is 0.229 e. The number of rotatable bonds is 6. The number of amides is 3. The highest BCUT2D eigenvalue weighted by molar-refractivity contribution is 5.98. The number of anilines is 2. The zero-order chi connectivity index (χ0) is 20.1. The SMILES string of the molecule is CCC(=O)Nc1ccc(C)c(NC(=O)C2CC(=O)N(Cc3ccccn3)C2)c1. The molecule has 28 heavy (non-hydrogen) atoms. The second-order valence-corrected chi connectivity index (χ2v) is 6.92. The molecule has 1 aliphatic rings. The van der Waals surface area contributed by atoms with Crippen LogP contribution < -0.4 is 10.6 Å². The van der Waals surface area contributed by atoms with E-state index in [4.69, 9.17) is 0 Å². The minimum absolute atomic E-state index is 0.0496. The monoisotopic (exact) mass is 380 g/mol. The van der Waals surface area contributed by atoms with Gasteiger partial charge >= 0.3 is 0 Å². The molecule has 0 spiro atoms. The summed E-state index contributed by atoms with van der Waals surface area (Å²) in [6, 6.07) is 10.9. The molecule has 1 atom stereocenters. The van der Waals surface area contributed by atoms with Gasteiger partial charge in [-0.1, -0.05) is 19.1 Å². The molecule has 2 heterocycles. The van der Waals surface area contributed by atoms with Gasteiger partial charge in [-0.2, -0.15) is 0 Å². The van der Waals surface area contributed by atoms with Crippen LogP contribution in [0.15, 0.2) is 42.6 Å². The van der Waals surface area contributed by atoms with Crippen molar-refractivity contribution in [3.8, 4) is 0 Å². The largest absolute Gasteiger partial charge is 0.336 e. The summed E-state index contributed by atoms with van der Waals surface area (Å²) in [5, 5.41) is 5.69. The summed E-state index contributed by atoms with van der Waals surface area (Å²) in [7, 11) is 0. The number of aromatic nitrogens is 1. The Kier molecular flexibility index (Phi) is 6.03. The summed E-state index contributed by atoms with van der Waals surface area (Å²) < 4.78 is 0. The van der Waals surface area contributed by atoms with Crippen molar-refractivity contribution in [2.45, 2.75) is 33.2 Å². The van der Waals surface area contributed by atoms with E-state index in [1.165, 1.54) is 0 Å². The summed E-state index contributed by atoms with van der Waals surface area (Å²) in [6.07, 6.45) is 2.25. The number of aryl methyl sites for hydroxylation is 1. The maximum Gasteiger partial charge on any atom is 0.229 e. The highest BCUT2D eigenvalue weighted by atomic mass is 16.2. The maximum atomic E-state index is 12.7. The van der Waals surface area contributed by atoms with Crippen LogP contribution in [0.4, 0.5) is 11.4 Å². The van der Waals surface area contributed by atoms with Crippen molar-refractivity contribution < 1.29 is 14.4 Å². The number of nitrogens with zero attached hydrogens (tertiary/aromatic N) is 2. The standard InChI is InChI=1S/C21H24N4O3/c1-3-19(26)23-16-8-7-14(2)18(11-16)24-21(28)15-10-20(27)25(12-15)13-17-6-4-5-9-22-17/h4-9,11,15H,3,10,12-13H2,1-2H3,(H,23,26)(H,24,28). The Labute approximate surface area is 164 Å². The van der Waals surface area contributed by atoms with E-state index in [9.17, 15) is 14.4 Å². The summed E-state index contributed by atoms with van der Waals surface area (Å²) in [5.74, 6) is -0.748. The third-order valence-corrected chi connectivity index (χ3v) is 4.76. The van der Waals surface area contributed by atoms with Gasteiger partial charge in [0.25, 0.3) is 0 Å². The van der Waals surface area contributed by atoms with Crippen LogP contribution >= 0.6 is 0 Å². The Bertz CT molecular complexity index is 882. The molecule has 0 saturated carbocycles. The lowest BCUT2D eigenvalue weighted by atomic mass is 10.1. The fourth-order valence-corrected chi connectivity index (χ4v) is 3.11. The quantitative estimate of drug-likeness (QED) is 0.806. The van der Waals surface area contributed by atoms with E-state index < -0.39 is 5.92 Å². The summed E-state index contributed by atoms with van der Waals surface area (Å²) in [4.78, 5) is 42.5. The number of pyridine rings is 1. The van der Waals surface area contributed by atoms with Gasteiger partial charge in [0, 0.05) is 37.0 Å². The van der Waals surface area contributed by atoms with E-state index in [2.05, 4.69) is 15.6 Å². The molecule has 7 nitrogen and oxygen atoms in total. The van der Waals surface area contributed by atoms with Crippen LogP contribution in [-0.2, 0) is 20.9 Å². The summed E-state index contributed by atoms with van der Waals surface area (Å²) >= 11 is 0. The van der Waals surface area contributed by atoms with Crippen LogP contribution in [0.3, 0.4) is 0 Å². The van der Waals surface area contributed by atoms with Crippen molar-refractivity contribution in [2.24, 2.45) is 5.92 Å². The zero-order valence-electron chi connectivity index (χ0n) is 16.1. The molecule has 7 heteroatoms. The molecule has 0 aliphatic carbocycles. The summed E-state index contributed by atoms with van der Waals surface area (Å²) in [5.41, 5.74) is 2.95. The van der Waals surface area contributed by atoms with Crippen LogP contribution in [0.25, 0.3) is 0 Å². The molecule has 1 aromatic heterocycles. The topological polar surface area (TPSA) is 91.4 Å². The third kappa shape index (κ3) is 4.73. The molecule has 1 unspecified atom stereocenters. The molecule has 3 amide bonds. The number of hydrogen-bond acceptors (Lipinski definition) is 4. The van der Waals surface area contributed by atoms with E-state index in [0.717, 1.165) is 11.3 Å². The third-order valence-electron chi connectivity index (χ3n) is 4.76. The number of carbonyl (C=O) groups excluding carboxylic acids is 3. The lowest BCUT2D eigenvalue weighted by molar-refractivity contribution is -0.128. The zero-order valence-corrected chi connectivity index (χ0v) is 16.1. The van der Waals surface area contributed by atoms with Crippen LogP contribution in [-0.4, -0.2) is 34.2 Å². The number of likely N-dealkylation sites (tertiary alicyclic amines) is 1. The van der Waals surface area contributed by atoms with Gasteiger partial charge in [-0.05, 0) is 36.8 Å². The number of hydrogen-bond donors (Lipinski definition) is 2. The minimum atomic E-state index is -0.412. The first-order valence-electron chi connectivity index (χ1n) is 9.35. The molecular weight excluding hydrogens is 356 g/mol. The predicted molar refractivity (Wildman–Crippen MR) is 106 cm³/mol. The Morgan fingerprint density at radius 1 is 1.21 bits per heavy atom. The van der Waals surface area contributed by atoms with Crippen LogP contribution in [0.1, 0.15) is 31.0 Å². The van der Waals surface area contributed by atoms with Crippen LogP contribution in [0.5, 0.6) is 0 Å². The fourth-order valence-electron chi connectivity index (χ4n) is 3.11. The van der Waals surface area contributed by atoms with Gasteiger partial charge < -0.3 is 15.5 Å². The maximum absolute atomic E-state index is 12.7. The number of benzene rings is 1. The molecule has 0 radical (unpaired) electrons. The van der Waals surface area contributed by atoms with Gasteiger partial charge in [-0.15, -0.1) is 0 Å². The molecule has 0 bridgehead atoms. The lowest BCUT2D eigenvalue weighted by Crippen LogP contribution is -2.28. The molecule has 1 aliphatic heterocycles. The normalized spacial score (nSPS) is 16.1. The van der Waals surface area contributed by atoms with Crippen molar-refractivity contribution in [1.82, 2.24) is 9.88 Å². The second kappa shape index (κ2) is 8.65. The molecule has 146 valence electrons. The van der Waals surface area contributed by atoms with Gasteiger partial charge in [-0.3, -0.25) is 19.4 Å². The van der Waals surface area contributed by atoms with Crippen molar-refractivity contribution in [1.29, 1.82) is 0 Å². The molecule has 2 aromatic rings. The first-order valence-corrected chi connectivity index (χ1v) is 9.35. The van der Waals surface area contributed by atoms with Crippen molar-refractivity contribution >= 4 is 29.1 Å². The van der Waals surface area contributed by atoms with E-state index in [1.54, 1.807) is 30.2 Å². The van der Waals surface area contributed by atoms with E-state index >= 15 is 0 Å². The van der Waals surface area contributed by atoms with E-state index in [0.29, 0.717) is 30.9 Å². The van der Waals surface area contributed by atoms with Crippen molar-refractivity contribution in [3.63, 3.8) is 0 Å². The van der Waals surface area contributed by atoms with E-state index in [1.807, 2.05) is 31.2 Å². The highest BCUT2D eigenvalue weighted by Gasteiger charge is 2.34. The molecule has 3 rings (SSSR count). The van der Waals surface area contributed by atoms with Gasteiger partial charge in [0.1, 0.15) is 0 Å². The van der Waals surface area contributed by atoms with E-state index in [-0.39, 0.29) is 24.1 Å². The number of carbonyl (C=O) groups is 3. The predicted octanol–water partition coefficient (Wildman–Crippen LogP) is 2.73. The van der Waals surface area contributed by atoms with Gasteiger partial charge in [-0.25, -0.2) is 0 Å². The molecule has 2 N–H and O–H groups in total. The van der Waals surface area contributed by atoms with Gasteiger partial charge in [0.15, 0.2) is 0 Å². The Morgan fingerprint density at radius 2 is 2.04 bits per heavy atom. The Morgan fingerprint density at radius 3 is 2.75 bits per heavy atom. The molecular formula is C21H24N4O3. The first kappa shape index (κ1) is 19.5. The van der Waals surface area contributed by atoms with Crippen LogP contribution in [0, 0.1) is 12.8 Å².